The third-order valence-corrected chi connectivity index (χ3v) is 7.57. The zero-order valence-electron chi connectivity index (χ0n) is 16.6. The number of anilines is 1. The second-order valence-corrected chi connectivity index (χ2v) is 10.2. The smallest absolute Gasteiger partial charge is 0.240 e. The third kappa shape index (κ3) is 5.11. The lowest BCUT2D eigenvalue weighted by Crippen LogP contribution is -2.25. The van der Waals surface area contributed by atoms with Crippen LogP contribution in [-0.4, -0.2) is 39.1 Å². The summed E-state index contributed by atoms with van der Waals surface area (Å²) in [7, 11) is -3.61. The molecule has 0 saturated carbocycles. The highest BCUT2D eigenvalue weighted by Gasteiger charge is 2.19. The second-order valence-electron chi connectivity index (χ2n) is 7.30. The van der Waals surface area contributed by atoms with Gasteiger partial charge in [0, 0.05) is 23.9 Å². The molecule has 30 heavy (non-hydrogen) atoms. The summed E-state index contributed by atoms with van der Waals surface area (Å²) in [4.78, 5) is 18.0. The van der Waals surface area contributed by atoms with Gasteiger partial charge in [-0.15, -0.1) is 11.3 Å². The summed E-state index contributed by atoms with van der Waals surface area (Å²) in [6.45, 7) is 1.18. The lowest BCUT2D eigenvalue weighted by atomic mass is 10.2. The Kier molecular flexibility index (Phi) is 6.55. The van der Waals surface area contributed by atoms with E-state index in [1.807, 2.05) is 0 Å². The molecule has 1 aliphatic heterocycles. The van der Waals surface area contributed by atoms with E-state index in [4.69, 9.17) is 9.47 Å². The number of rotatable bonds is 9. The number of ether oxygens (including phenoxy) is 2. The van der Waals surface area contributed by atoms with Crippen molar-refractivity contribution in [2.24, 2.45) is 0 Å². The number of nitrogens with one attached hydrogen (secondary N) is 2. The quantitative estimate of drug-likeness (QED) is 0.568. The number of fused-ring (bicyclic) bond motifs is 2. The van der Waals surface area contributed by atoms with Gasteiger partial charge in [0.25, 0.3) is 0 Å². The summed E-state index contributed by atoms with van der Waals surface area (Å²) in [6.07, 6.45) is 5.73. The van der Waals surface area contributed by atoms with Crippen LogP contribution in [0, 0.1) is 0 Å². The monoisotopic (exact) mass is 451 g/mol. The van der Waals surface area contributed by atoms with Gasteiger partial charge >= 0.3 is 0 Å². The van der Waals surface area contributed by atoms with Gasteiger partial charge in [0.1, 0.15) is 13.2 Å². The average Bonchev–Trinajstić information content (AvgIpc) is 3.32. The van der Waals surface area contributed by atoms with Gasteiger partial charge in [-0.1, -0.05) is 6.42 Å². The first-order valence-corrected chi connectivity index (χ1v) is 12.5. The molecule has 0 saturated heterocycles. The van der Waals surface area contributed by atoms with E-state index in [2.05, 4.69) is 15.0 Å². The molecular weight excluding hydrogens is 426 g/mol. The molecule has 1 aromatic heterocycles. The van der Waals surface area contributed by atoms with Crippen LogP contribution < -0.4 is 19.5 Å². The largest absolute Gasteiger partial charge is 0.486 e. The maximum absolute atomic E-state index is 12.4. The number of unbranched alkanes of at least 4 members (excludes halogenated alkanes) is 2. The lowest BCUT2D eigenvalue weighted by molar-refractivity contribution is -0.116. The summed E-state index contributed by atoms with van der Waals surface area (Å²) < 4.78 is 38.3. The number of aryl methyl sites for hydroxylation is 2. The van der Waals surface area contributed by atoms with E-state index in [0.29, 0.717) is 55.7 Å². The number of hydrogen-bond acceptors (Lipinski definition) is 7. The molecule has 1 aliphatic carbocycles. The van der Waals surface area contributed by atoms with Crippen molar-refractivity contribution in [2.45, 2.75) is 49.8 Å². The van der Waals surface area contributed by atoms with Crippen molar-refractivity contribution in [3.63, 3.8) is 0 Å². The van der Waals surface area contributed by atoms with E-state index in [-0.39, 0.29) is 10.8 Å². The summed E-state index contributed by atoms with van der Waals surface area (Å²) in [6, 6.07) is 4.60. The van der Waals surface area contributed by atoms with E-state index < -0.39 is 10.0 Å². The van der Waals surface area contributed by atoms with E-state index in [9.17, 15) is 13.2 Å². The molecule has 4 rings (SSSR count). The van der Waals surface area contributed by atoms with Crippen molar-refractivity contribution in [3.05, 3.63) is 28.8 Å². The molecular formula is C20H25N3O5S2. The third-order valence-electron chi connectivity index (χ3n) is 5.04. The van der Waals surface area contributed by atoms with Crippen LogP contribution >= 0.6 is 11.3 Å². The summed E-state index contributed by atoms with van der Waals surface area (Å²) in [5.41, 5.74) is 1.13. The Morgan fingerprint density at radius 2 is 1.93 bits per heavy atom. The molecule has 2 aliphatic rings. The maximum atomic E-state index is 12.4. The van der Waals surface area contributed by atoms with Gasteiger partial charge in [-0.2, -0.15) is 0 Å². The first kappa shape index (κ1) is 21.1. The van der Waals surface area contributed by atoms with E-state index in [1.165, 1.54) is 17.0 Å². The molecule has 162 valence electrons. The molecule has 2 N–H and O–H groups in total. The van der Waals surface area contributed by atoms with Crippen LogP contribution in [0.15, 0.2) is 23.1 Å². The highest BCUT2D eigenvalue weighted by Crippen LogP contribution is 2.32. The predicted molar refractivity (Wildman–Crippen MR) is 114 cm³/mol. The Balaban J connectivity index is 1.15. The second kappa shape index (κ2) is 9.32. The Bertz CT molecular complexity index is 998. The van der Waals surface area contributed by atoms with Crippen LogP contribution in [0.5, 0.6) is 11.5 Å². The molecule has 0 fully saturated rings. The number of carbonyl (C=O) groups excluding carboxylic acids is 1. The predicted octanol–water partition coefficient (Wildman–Crippen LogP) is 2.88. The highest BCUT2D eigenvalue weighted by atomic mass is 32.2. The lowest BCUT2D eigenvalue weighted by Gasteiger charge is -2.18. The summed E-state index contributed by atoms with van der Waals surface area (Å²) >= 11 is 1.57. The standard InChI is InChI=1S/C20H25N3O5S2/c24-19(23-20-22-15-5-4-6-18(15)29-20)7-2-1-3-10-21-30(25,26)14-8-9-16-17(13-14)28-12-11-27-16/h8-9,13,21H,1-7,10-12H2,(H,22,23,24). The number of benzene rings is 1. The Hall–Kier alpha value is -2.17. The van der Waals surface area contributed by atoms with Gasteiger partial charge < -0.3 is 14.8 Å². The molecule has 0 atom stereocenters. The molecule has 0 spiro atoms. The summed E-state index contributed by atoms with van der Waals surface area (Å²) in [5, 5.41) is 3.56. The molecule has 0 unspecified atom stereocenters. The first-order valence-electron chi connectivity index (χ1n) is 10.2. The van der Waals surface area contributed by atoms with E-state index >= 15 is 0 Å². The minimum Gasteiger partial charge on any atom is -0.486 e. The maximum Gasteiger partial charge on any atom is 0.240 e. The number of nitrogens with zero attached hydrogens (tertiary/aromatic N) is 1. The Morgan fingerprint density at radius 3 is 2.77 bits per heavy atom. The van der Waals surface area contributed by atoms with E-state index in [1.54, 1.807) is 17.4 Å². The van der Waals surface area contributed by atoms with Gasteiger partial charge in [0.05, 0.1) is 10.6 Å². The van der Waals surface area contributed by atoms with Crippen LogP contribution in [0.25, 0.3) is 0 Å². The number of amides is 1. The fourth-order valence-electron chi connectivity index (χ4n) is 3.49. The van der Waals surface area contributed by atoms with Crippen molar-refractivity contribution in [1.82, 2.24) is 9.71 Å². The number of sulfonamides is 1. The highest BCUT2D eigenvalue weighted by molar-refractivity contribution is 7.89. The number of thiazole rings is 1. The van der Waals surface area contributed by atoms with Crippen LogP contribution in [-0.2, 0) is 27.7 Å². The minimum absolute atomic E-state index is 0.0423. The van der Waals surface area contributed by atoms with Gasteiger partial charge in [-0.25, -0.2) is 18.1 Å². The van der Waals surface area contributed by atoms with Gasteiger partial charge in [-0.3, -0.25) is 4.79 Å². The molecule has 8 nitrogen and oxygen atoms in total. The van der Waals surface area contributed by atoms with Crippen LogP contribution in [0.4, 0.5) is 5.13 Å². The molecule has 0 radical (unpaired) electrons. The number of hydrogen-bond donors (Lipinski definition) is 2. The SMILES string of the molecule is O=C(CCCCCNS(=O)(=O)c1ccc2c(c1)OCCO2)Nc1nc2c(s1)CCC2. The van der Waals surface area contributed by atoms with Crippen molar-refractivity contribution in [1.29, 1.82) is 0 Å². The fraction of sp³-hybridized carbons (Fsp3) is 0.500. The zero-order valence-corrected chi connectivity index (χ0v) is 18.2. The number of aromatic nitrogens is 1. The fourth-order valence-corrected chi connectivity index (χ4v) is 5.65. The van der Waals surface area contributed by atoms with Crippen molar-refractivity contribution >= 4 is 32.4 Å². The van der Waals surface area contributed by atoms with Gasteiger partial charge in [-0.05, 0) is 44.2 Å². The molecule has 1 aromatic carbocycles. The van der Waals surface area contributed by atoms with Crippen LogP contribution in [0.1, 0.15) is 42.7 Å². The average molecular weight is 452 g/mol. The van der Waals surface area contributed by atoms with Crippen molar-refractivity contribution < 1.29 is 22.7 Å². The molecule has 2 heterocycles. The molecule has 1 amide bonds. The summed E-state index contributed by atoms with van der Waals surface area (Å²) in [5.74, 6) is 0.959. The van der Waals surface area contributed by atoms with Gasteiger partial charge in [0.2, 0.25) is 15.9 Å². The first-order chi connectivity index (χ1) is 14.5. The van der Waals surface area contributed by atoms with Crippen LogP contribution in [0.2, 0.25) is 0 Å². The van der Waals surface area contributed by atoms with Crippen molar-refractivity contribution in [3.8, 4) is 11.5 Å². The molecule has 0 bridgehead atoms. The van der Waals surface area contributed by atoms with Gasteiger partial charge in [0.15, 0.2) is 16.6 Å². The Labute approximate surface area is 180 Å². The minimum atomic E-state index is -3.61. The normalized spacial score (nSPS) is 15.1. The molecule has 10 heteroatoms. The topological polar surface area (TPSA) is 107 Å². The number of carbonyl (C=O) groups is 1. The van der Waals surface area contributed by atoms with Crippen molar-refractivity contribution in [2.75, 3.05) is 25.1 Å². The molecule has 2 aromatic rings. The zero-order chi connectivity index (χ0) is 21.0. The van der Waals surface area contributed by atoms with E-state index in [0.717, 1.165) is 31.4 Å². The Morgan fingerprint density at radius 1 is 1.10 bits per heavy atom. The van der Waals surface area contributed by atoms with Crippen LogP contribution in [0.3, 0.4) is 0 Å².